The summed E-state index contributed by atoms with van der Waals surface area (Å²) >= 11 is 1.66. The molecule has 0 saturated heterocycles. The number of aromatic nitrogens is 2. The Bertz CT molecular complexity index is 781. The van der Waals surface area contributed by atoms with Crippen LogP contribution < -0.4 is 10.1 Å². The number of benzene rings is 1. The van der Waals surface area contributed by atoms with E-state index in [1.807, 2.05) is 26.0 Å². The smallest absolute Gasteiger partial charge is 0.138 e. The normalized spacial score (nSPS) is 11.1. The van der Waals surface area contributed by atoms with Gasteiger partial charge in [0.05, 0.1) is 11.5 Å². The summed E-state index contributed by atoms with van der Waals surface area (Å²) in [7, 11) is 0. The molecule has 2 aromatic heterocycles. The van der Waals surface area contributed by atoms with Crippen LogP contribution in [0.3, 0.4) is 0 Å². The van der Waals surface area contributed by atoms with E-state index in [4.69, 9.17) is 4.74 Å². The monoisotopic (exact) mass is 327 g/mol. The maximum Gasteiger partial charge on any atom is 0.138 e. The van der Waals surface area contributed by atoms with Gasteiger partial charge in [0, 0.05) is 6.54 Å². The van der Waals surface area contributed by atoms with Gasteiger partial charge in [0.2, 0.25) is 0 Å². The number of fused-ring (bicyclic) bond motifs is 1. The molecule has 120 valence electrons. The molecular weight excluding hydrogens is 306 g/mol. The van der Waals surface area contributed by atoms with Gasteiger partial charge < -0.3 is 10.1 Å². The number of nitrogens with zero attached hydrogens (tertiary/aromatic N) is 2. The van der Waals surface area contributed by atoms with Crippen molar-refractivity contribution in [1.82, 2.24) is 9.97 Å². The van der Waals surface area contributed by atoms with Crippen molar-refractivity contribution in [2.24, 2.45) is 0 Å². The highest BCUT2D eigenvalue weighted by atomic mass is 32.1. The van der Waals surface area contributed by atoms with Gasteiger partial charge in [0.25, 0.3) is 0 Å². The molecule has 0 radical (unpaired) electrons. The lowest BCUT2D eigenvalue weighted by Gasteiger charge is -2.10. The highest BCUT2D eigenvalue weighted by Crippen LogP contribution is 2.28. The van der Waals surface area contributed by atoms with Crippen LogP contribution >= 0.6 is 11.3 Å². The zero-order valence-electron chi connectivity index (χ0n) is 13.7. The molecule has 4 nitrogen and oxygen atoms in total. The van der Waals surface area contributed by atoms with E-state index in [9.17, 15) is 0 Å². The molecule has 23 heavy (non-hydrogen) atoms. The summed E-state index contributed by atoms with van der Waals surface area (Å²) in [5.74, 6) is 1.84. The fraction of sp³-hybridized carbons (Fsp3) is 0.333. The summed E-state index contributed by atoms with van der Waals surface area (Å²) < 4.78 is 5.66. The average Bonchev–Trinajstić information content (AvgIpc) is 2.91. The van der Waals surface area contributed by atoms with Gasteiger partial charge >= 0.3 is 0 Å². The molecule has 0 unspecified atom stereocenters. The third kappa shape index (κ3) is 3.79. The number of aryl methyl sites for hydroxylation is 1. The van der Waals surface area contributed by atoms with Crippen LogP contribution in [0.2, 0.25) is 0 Å². The Labute approximate surface area is 140 Å². The lowest BCUT2D eigenvalue weighted by Crippen LogP contribution is -2.07. The Balaban J connectivity index is 1.61. The first-order valence-corrected chi connectivity index (χ1v) is 8.69. The molecule has 3 aromatic rings. The van der Waals surface area contributed by atoms with Crippen molar-refractivity contribution in [3.63, 3.8) is 0 Å². The summed E-state index contributed by atoms with van der Waals surface area (Å²) in [5, 5.41) is 6.69. The minimum absolute atomic E-state index is 0.205. The van der Waals surface area contributed by atoms with Crippen molar-refractivity contribution < 1.29 is 4.74 Å². The Morgan fingerprint density at radius 3 is 2.70 bits per heavy atom. The van der Waals surface area contributed by atoms with Crippen LogP contribution in [0, 0.1) is 6.92 Å². The molecule has 0 amide bonds. The summed E-state index contributed by atoms with van der Waals surface area (Å²) in [6.45, 7) is 7.01. The SMILES string of the molecule is Cc1csc2ncnc(NCCc3ccc(OC(C)C)cc3)c12. The fourth-order valence-corrected chi connectivity index (χ4v) is 3.37. The molecule has 2 heterocycles. The minimum Gasteiger partial charge on any atom is -0.491 e. The first-order valence-electron chi connectivity index (χ1n) is 7.82. The van der Waals surface area contributed by atoms with E-state index in [1.165, 1.54) is 11.1 Å². The molecule has 0 bridgehead atoms. The molecule has 0 spiro atoms. The Morgan fingerprint density at radius 2 is 1.96 bits per heavy atom. The molecule has 0 atom stereocenters. The van der Waals surface area contributed by atoms with Crippen LogP contribution in [0.15, 0.2) is 36.0 Å². The lowest BCUT2D eigenvalue weighted by atomic mass is 10.1. The summed E-state index contributed by atoms with van der Waals surface area (Å²) in [4.78, 5) is 9.74. The highest BCUT2D eigenvalue weighted by Gasteiger charge is 2.08. The zero-order chi connectivity index (χ0) is 16.2. The molecule has 0 aliphatic carbocycles. The molecule has 5 heteroatoms. The molecule has 0 saturated carbocycles. The zero-order valence-corrected chi connectivity index (χ0v) is 14.5. The molecule has 0 fully saturated rings. The second-order valence-corrected chi connectivity index (χ2v) is 6.67. The van der Waals surface area contributed by atoms with Gasteiger partial charge in [0.15, 0.2) is 0 Å². The number of nitrogens with one attached hydrogen (secondary N) is 1. The van der Waals surface area contributed by atoms with Gasteiger partial charge in [-0.1, -0.05) is 12.1 Å². The van der Waals surface area contributed by atoms with E-state index in [1.54, 1.807) is 17.7 Å². The van der Waals surface area contributed by atoms with E-state index in [-0.39, 0.29) is 6.10 Å². The Morgan fingerprint density at radius 1 is 1.17 bits per heavy atom. The van der Waals surface area contributed by atoms with E-state index in [0.29, 0.717) is 0 Å². The van der Waals surface area contributed by atoms with E-state index in [2.05, 4.69) is 39.7 Å². The van der Waals surface area contributed by atoms with Crippen LogP contribution in [-0.2, 0) is 6.42 Å². The maximum atomic E-state index is 5.66. The Hall–Kier alpha value is -2.14. The van der Waals surface area contributed by atoms with Crippen LogP contribution in [0.25, 0.3) is 10.2 Å². The molecule has 1 N–H and O–H groups in total. The molecule has 0 aliphatic rings. The van der Waals surface area contributed by atoms with Gasteiger partial charge in [-0.2, -0.15) is 0 Å². The summed E-state index contributed by atoms with van der Waals surface area (Å²) in [5.41, 5.74) is 2.50. The van der Waals surface area contributed by atoms with Gasteiger partial charge in [-0.05, 0) is 55.8 Å². The molecule has 0 aliphatic heterocycles. The molecule has 1 aromatic carbocycles. The number of thiophene rings is 1. The van der Waals surface area contributed by atoms with Crippen molar-refractivity contribution in [1.29, 1.82) is 0 Å². The van der Waals surface area contributed by atoms with Gasteiger partial charge in [-0.15, -0.1) is 11.3 Å². The number of hydrogen-bond donors (Lipinski definition) is 1. The Kier molecular flexibility index (Phi) is 4.76. The van der Waals surface area contributed by atoms with E-state index >= 15 is 0 Å². The summed E-state index contributed by atoms with van der Waals surface area (Å²) in [6.07, 6.45) is 2.77. The number of ether oxygens (including phenoxy) is 1. The number of anilines is 1. The van der Waals surface area contributed by atoms with Crippen LogP contribution in [0.4, 0.5) is 5.82 Å². The van der Waals surface area contributed by atoms with E-state index < -0.39 is 0 Å². The minimum atomic E-state index is 0.205. The standard InChI is InChI=1S/C18H21N3OS/c1-12(2)22-15-6-4-14(5-7-15)8-9-19-17-16-13(3)10-23-18(16)21-11-20-17/h4-7,10-12H,8-9H2,1-3H3,(H,19,20,21). The highest BCUT2D eigenvalue weighted by molar-refractivity contribution is 7.17. The van der Waals surface area contributed by atoms with Crippen molar-refractivity contribution in [2.45, 2.75) is 33.3 Å². The second kappa shape index (κ2) is 6.96. The number of hydrogen-bond acceptors (Lipinski definition) is 5. The predicted octanol–water partition coefficient (Wildman–Crippen LogP) is 4.44. The third-order valence-electron chi connectivity index (χ3n) is 3.56. The fourth-order valence-electron chi connectivity index (χ4n) is 2.48. The first-order chi connectivity index (χ1) is 11.1. The maximum absolute atomic E-state index is 5.66. The van der Waals surface area contributed by atoms with Crippen LogP contribution in [0.5, 0.6) is 5.75 Å². The average molecular weight is 327 g/mol. The lowest BCUT2D eigenvalue weighted by molar-refractivity contribution is 0.242. The largest absolute Gasteiger partial charge is 0.491 e. The van der Waals surface area contributed by atoms with E-state index in [0.717, 1.165) is 34.7 Å². The van der Waals surface area contributed by atoms with Crippen molar-refractivity contribution in [2.75, 3.05) is 11.9 Å². The van der Waals surface area contributed by atoms with Crippen molar-refractivity contribution >= 4 is 27.4 Å². The van der Waals surface area contributed by atoms with Crippen LogP contribution in [0.1, 0.15) is 25.0 Å². The van der Waals surface area contributed by atoms with Crippen LogP contribution in [-0.4, -0.2) is 22.6 Å². The molecule has 3 rings (SSSR count). The van der Waals surface area contributed by atoms with Gasteiger partial charge in [-0.25, -0.2) is 9.97 Å². The van der Waals surface area contributed by atoms with Crippen molar-refractivity contribution in [3.05, 3.63) is 47.1 Å². The topological polar surface area (TPSA) is 47.0 Å². The predicted molar refractivity (Wildman–Crippen MR) is 96.6 cm³/mol. The van der Waals surface area contributed by atoms with Gasteiger partial charge in [0.1, 0.15) is 22.7 Å². The van der Waals surface area contributed by atoms with Gasteiger partial charge in [-0.3, -0.25) is 0 Å². The summed E-state index contributed by atoms with van der Waals surface area (Å²) in [6, 6.07) is 8.29. The third-order valence-corrected chi connectivity index (χ3v) is 4.56. The second-order valence-electron chi connectivity index (χ2n) is 5.81. The first kappa shape index (κ1) is 15.7. The molecular formula is C18H21N3OS. The van der Waals surface area contributed by atoms with Crippen molar-refractivity contribution in [3.8, 4) is 5.75 Å². The quantitative estimate of drug-likeness (QED) is 0.727. The number of rotatable bonds is 6.